The van der Waals surface area contributed by atoms with E-state index in [1.807, 2.05) is 6.92 Å². The fourth-order valence-corrected chi connectivity index (χ4v) is 3.12. The standard InChI is InChI=1S/C20H31FN4O/c1-3-20(10-5-11-20)15-25-19(22-4-2)24-13-12-23-18(26)14-16-6-8-17(21)9-7-16/h6-9H,3-5,10-15H2,1-2H3,(H,23,26)(H2,22,24,25). The SMILES string of the molecule is CCNC(=NCC1(CC)CCC1)NCCNC(=O)Cc1ccc(F)cc1. The molecular weight excluding hydrogens is 331 g/mol. The predicted octanol–water partition coefficient (Wildman–Crippen LogP) is 2.62. The van der Waals surface area contributed by atoms with Crippen LogP contribution in [0.25, 0.3) is 0 Å². The molecule has 144 valence electrons. The average Bonchev–Trinajstić information content (AvgIpc) is 2.60. The van der Waals surface area contributed by atoms with Crippen LogP contribution in [0, 0.1) is 11.2 Å². The lowest BCUT2D eigenvalue weighted by atomic mass is 9.67. The molecule has 1 aromatic carbocycles. The molecule has 0 radical (unpaired) electrons. The van der Waals surface area contributed by atoms with Gasteiger partial charge < -0.3 is 16.0 Å². The van der Waals surface area contributed by atoms with Gasteiger partial charge in [-0.15, -0.1) is 0 Å². The summed E-state index contributed by atoms with van der Waals surface area (Å²) in [6.45, 7) is 7.08. The van der Waals surface area contributed by atoms with Gasteiger partial charge in [0.05, 0.1) is 6.42 Å². The maximum atomic E-state index is 12.9. The molecule has 1 fully saturated rings. The van der Waals surface area contributed by atoms with Crippen molar-refractivity contribution in [2.24, 2.45) is 10.4 Å². The Morgan fingerprint density at radius 1 is 1.12 bits per heavy atom. The maximum absolute atomic E-state index is 12.9. The highest BCUT2D eigenvalue weighted by atomic mass is 19.1. The molecule has 0 bridgehead atoms. The number of amides is 1. The van der Waals surface area contributed by atoms with E-state index in [1.165, 1.54) is 37.8 Å². The molecule has 0 aromatic heterocycles. The van der Waals surface area contributed by atoms with Crippen LogP contribution < -0.4 is 16.0 Å². The minimum absolute atomic E-state index is 0.0697. The second-order valence-electron chi connectivity index (χ2n) is 6.98. The molecule has 0 spiro atoms. The van der Waals surface area contributed by atoms with Crippen LogP contribution in [-0.2, 0) is 11.2 Å². The van der Waals surface area contributed by atoms with E-state index in [1.54, 1.807) is 12.1 Å². The van der Waals surface area contributed by atoms with E-state index in [0.29, 0.717) is 18.5 Å². The van der Waals surface area contributed by atoms with Crippen LogP contribution in [0.3, 0.4) is 0 Å². The van der Waals surface area contributed by atoms with Crippen molar-refractivity contribution < 1.29 is 9.18 Å². The molecule has 1 aliphatic rings. The molecule has 0 saturated heterocycles. The van der Waals surface area contributed by atoms with Crippen LogP contribution in [0.4, 0.5) is 4.39 Å². The zero-order chi connectivity index (χ0) is 18.8. The first-order chi connectivity index (χ1) is 12.6. The van der Waals surface area contributed by atoms with Crippen molar-refractivity contribution in [3.05, 3.63) is 35.6 Å². The summed E-state index contributed by atoms with van der Waals surface area (Å²) in [5.74, 6) is 0.445. The molecule has 0 atom stereocenters. The van der Waals surface area contributed by atoms with Crippen molar-refractivity contribution in [1.82, 2.24) is 16.0 Å². The lowest BCUT2D eigenvalue weighted by Gasteiger charge is -2.40. The topological polar surface area (TPSA) is 65.5 Å². The second kappa shape index (κ2) is 10.1. The molecule has 0 heterocycles. The summed E-state index contributed by atoms with van der Waals surface area (Å²) in [4.78, 5) is 16.6. The summed E-state index contributed by atoms with van der Waals surface area (Å²) >= 11 is 0. The Bertz CT molecular complexity index is 591. The van der Waals surface area contributed by atoms with E-state index >= 15 is 0 Å². The third-order valence-corrected chi connectivity index (χ3v) is 5.10. The van der Waals surface area contributed by atoms with Gasteiger partial charge in [-0.05, 0) is 49.3 Å². The number of guanidine groups is 1. The van der Waals surface area contributed by atoms with Crippen LogP contribution >= 0.6 is 0 Å². The van der Waals surface area contributed by atoms with E-state index in [4.69, 9.17) is 4.99 Å². The normalized spacial score (nSPS) is 15.9. The van der Waals surface area contributed by atoms with Gasteiger partial charge in [-0.25, -0.2) is 4.39 Å². The average molecular weight is 362 g/mol. The molecule has 1 aliphatic carbocycles. The molecule has 5 nitrogen and oxygen atoms in total. The van der Waals surface area contributed by atoms with Crippen LogP contribution in [0.1, 0.15) is 45.1 Å². The Labute approximate surface area is 155 Å². The molecule has 26 heavy (non-hydrogen) atoms. The molecule has 6 heteroatoms. The van der Waals surface area contributed by atoms with Gasteiger partial charge in [0.2, 0.25) is 5.91 Å². The Balaban J connectivity index is 1.69. The van der Waals surface area contributed by atoms with Crippen LogP contribution in [0.15, 0.2) is 29.3 Å². The number of aliphatic imine (C=N–C) groups is 1. The second-order valence-corrected chi connectivity index (χ2v) is 6.98. The Morgan fingerprint density at radius 2 is 1.81 bits per heavy atom. The highest BCUT2D eigenvalue weighted by Crippen LogP contribution is 2.43. The van der Waals surface area contributed by atoms with Crippen LogP contribution in [0.5, 0.6) is 0 Å². The number of hydrogen-bond donors (Lipinski definition) is 3. The summed E-state index contributed by atoms with van der Waals surface area (Å²) in [6.07, 6.45) is 5.29. The minimum Gasteiger partial charge on any atom is -0.357 e. The Kier molecular flexibility index (Phi) is 7.88. The molecule has 1 saturated carbocycles. The molecule has 0 unspecified atom stereocenters. The first kappa shape index (κ1) is 20.2. The van der Waals surface area contributed by atoms with Gasteiger partial charge in [0.25, 0.3) is 0 Å². The molecular formula is C20H31FN4O. The third-order valence-electron chi connectivity index (χ3n) is 5.10. The zero-order valence-electron chi connectivity index (χ0n) is 15.9. The van der Waals surface area contributed by atoms with Gasteiger partial charge in [0.1, 0.15) is 5.82 Å². The van der Waals surface area contributed by atoms with Crippen molar-refractivity contribution in [3.63, 3.8) is 0 Å². The summed E-state index contributed by atoms with van der Waals surface area (Å²) in [5, 5.41) is 9.39. The van der Waals surface area contributed by atoms with Gasteiger partial charge in [-0.3, -0.25) is 9.79 Å². The van der Waals surface area contributed by atoms with Crippen LogP contribution in [0.2, 0.25) is 0 Å². The smallest absolute Gasteiger partial charge is 0.224 e. The summed E-state index contributed by atoms with van der Waals surface area (Å²) in [5.41, 5.74) is 1.20. The van der Waals surface area contributed by atoms with E-state index in [9.17, 15) is 9.18 Å². The molecule has 2 rings (SSSR count). The Hall–Kier alpha value is -2.11. The highest BCUT2D eigenvalue weighted by Gasteiger charge is 2.34. The van der Waals surface area contributed by atoms with E-state index in [-0.39, 0.29) is 18.1 Å². The number of carbonyl (C=O) groups excluding carboxylic acids is 1. The molecule has 0 aliphatic heterocycles. The predicted molar refractivity (Wildman–Crippen MR) is 104 cm³/mol. The number of hydrogen-bond acceptors (Lipinski definition) is 2. The third kappa shape index (κ3) is 6.32. The number of carbonyl (C=O) groups is 1. The van der Waals surface area contributed by atoms with Crippen LogP contribution in [-0.4, -0.2) is 38.0 Å². The lowest BCUT2D eigenvalue weighted by Crippen LogP contribution is -2.43. The summed E-state index contributed by atoms with van der Waals surface area (Å²) in [7, 11) is 0. The van der Waals surface area contributed by atoms with Crippen molar-refractivity contribution >= 4 is 11.9 Å². The first-order valence-electron chi connectivity index (χ1n) is 9.60. The quantitative estimate of drug-likeness (QED) is 0.359. The number of benzene rings is 1. The van der Waals surface area contributed by atoms with Crippen molar-refractivity contribution in [3.8, 4) is 0 Å². The van der Waals surface area contributed by atoms with Crippen molar-refractivity contribution in [2.45, 2.75) is 46.0 Å². The highest BCUT2D eigenvalue weighted by molar-refractivity contribution is 5.80. The number of halogens is 1. The summed E-state index contributed by atoms with van der Waals surface area (Å²) in [6, 6.07) is 6.00. The fraction of sp³-hybridized carbons (Fsp3) is 0.600. The van der Waals surface area contributed by atoms with Gasteiger partial charge in [0.15, 0.2) is 5.96 Å². The maximum Gasteiger partial charge on any atom is 0.224 e. The first-order valence-corrected chi connectivity index (χ1v) is 9.60. The number of rotatable bonds is 9. The molecule has 1 amide bonds. The van der Waals surface area contributed by atoms with Gasteiger partial charge >= 0.3 is 0 Å². The van der Waals surface area contributed by atoms with Crippen molar-refractivity contribution in [2.75, 3.05) is 26.2 Å². The van der Waals surface area contributed by atoms with E-state index in [2.05, 4.69) is 22.9 Å². The minimum atomic E-state index is -0.291. The zero-order valence-corrected chi connectivity index (χ0v) is 15.9. The van der Waals surface area contributed by atoms with Gasteiger partial charge in [0, 0.05) is 26.2 Å². The lowest BCUT2D eigenvalue weighted by molar-refractivity contribution is -0.120. The van der Waals surface area contributed by atoms with E-state index in [0.717, 1.165) is 24.6 Å². The largest absolute Gasteiger partial charge is 0.357 e. The number of nitrogens with zero attached hydrogens (tertiary/aromatic N) is 1. The summed E-state index contributed by atoms with van der Waals surface area (Å²) < 4.78 is 12.9. The van der Waals surface area contributed by atoms with Gasteiger partial charge in [-0.1, -0.05) is 25.5 Å². The molecule has 3 N–H and O–H groups in total. The fourth-order valence-electron chi connectivity index (χ4n) is 3.12. The monoisotopic (exact) mass is 362 g/mol. The number of nitrogens with one attached hydrogen (secondary N) is 3. The van der Waals surface area contributed by atoms with Crippen molar-refractivity contribution in [1.29, 1.82) is 0 Å². The Morgan fingerprint density at radius 3 is 2.38 bits per heavy atom. The van der Waals surface area contributed by atoms with Gasteiger partial charge in [-0.2, -0.15) is 0 Å². The van der Waals surface area contributed by atoms with E-state index < -0.39 is 0 Å². The molecule has 1 aromatic rings.